The van der Waals surface area contributed by atoms with E-state index in [1.807, 2.05) is 6.07 Å². The Morgan fingerprint density at radius 3 is 2.79 bits per heavy atom. The van der Waals surface area contributed by atoms with Gasteiger partial charge in [0.05, 0.1) is 11.9 Å². The van der Waals surface area contributed by atoms with Gasteiger partial charge < -0.3 is 9.42 Å². The predicted molar refractivity (Wildman–Crippen MR) is 71.0 cm³/mol. The summed E-state index contributed by atoms with van der Waals surface area (Å²) in [5.74, 6) is 0.817. The Balaban J connectivity index is 1.59. The summed E-state index contributed by atoms with van der Waals surface area (Å²) in [5, 5.41) is 4.53. The molecule has 0 unspecified atom stereocenters. The normalized spacial score (nSPS) is 16.8. The van der Waals surface area contributed by atoms with E-state index in [0.717, 1.165) is 44.2 Å². The van der Waals surface area contributed by atoms with Crippen LogP contribution in [0, 0.1) is 0 Å². The van der Waals surface area contributed by atoms with Gasteiger partial charge in [-0.25, -0.2) is 9.97 Å². The van der Waals surface area contributed by atoms with Gasteiger partial charge in [0.1, 0.15) is 17.6 Å². The number of aromatic nitrogens is 3. The van der Waals surface area contributed by atoms with Crippen molar-refractivity contribution in [2.24, 2.45) is 0 Å². The van der Waals surface area contributed by atoms with Gasteiger partial charge in [0.2, 0.25) is 0 Å². The van der Waals surface area contributed by atoms with Gasteiger partial charge in [-0.15, -0.1) is 0 Å². The molecule has 3 heterocycles. The van der Waals surface area contributed by atoms with Crippen LogP contribution in [0.2, 0.25) is 5.02 Å². The molecule has 2 aromatic rings. The first-order valence-corrected chi connectivity index (χ1v) is 6.53. The quantitative estimate of drug-likeness (QED) is 0.847. The average molecular weight is 280 g/mol. The van der Waals surface area contributed by atoms with Crippen molar-refractivity contribution >= 4 is 17.4 Å². The molecule has 7 heteroatoms. The highest BCUT2D eigenvalue weighted by Crippen LogP contribution is 2.22. The van der Waals surface area contributed by atoms with Crippen molar-refractivity contribution in [2.75, 3.05) is 31.1 Å². The topological polar surface area (TPSA) is 58.3 Å². The average Bonchev–Trinajstić information content (AvgIpc) is 2.93. The number of halogens is 1. The molecule has 0 aliphatic carbocycles. The lowest BCUT2D eigenvalue weighted by atomic mass is 10.3. The molecular weight excluding hydrogens is 266 g/mol. The third-order valence-corrected chi connectivity index (χ3v) is 3.46. The van der Waals surface area contributed by atoms with Crippen LogP contribution >= 0.6 is 11.6 Å². The van der Waals surface area contributed by atoms with Crippen molar-refractivity contribution in [1.29, 1.82) is 0 Å². The zero-order valence-electron chi connectivity index (χ0n) is 10.4. The Morgan fingerprint density at radius 1 is 1.26 bits per heavy atom. The van der Waals surface area contributed by atoms with Gasteiger partial charge in [-0.2, -0.15) is 0 Å². The van der Waals surface area contributed by atoms with Crippen molar-refractivity contribution in [3.8, 4) is 0 Å². The van der Waals surface area contributed by atoms with Crippen molar-refractivity contribution in [2.45, 2.75) is 6.54 Å². The molecule has 3 rings (SSSR count). The zero-order chi connectivity index (χ0) is 13.1. The Morgan fingerprint density at radius 2 is 2.11 bits per heavy atom. The molecule has 6 nitrogen and oxygen atoms in total. The molecule has 19 heavy (non-hydrogen) atoms. The van der Waals surface area contributed by atoms with Crippen molar-refractivity contribution in [3.05, 3.63) is 35.6 Å². The second-order valence-corrected chi connectivity index (χ2v) is 4.86. The van der Waals surface area contributed by atoms with Crippen LogP contribution in [-0.4, -0.2) is 46.2 Å². The van der Waals surface area contributed by atoms with Gasteiger partial charge in [0.15, 0.2) is 5.82 Å². The third kappa shape index (κ3) is 2.85. The fourth-order valence-corrected chi connectivity index (χ4v) is 2.43. The summed E-state index contributed by atoms with van der Waals surface area (Å²) >= 11 is 6.11. The second-order valence-electron chi connectivity index (χ2n) is 4.45. The number of nitrogens with zero attached hydrogens (tertiary/aromatic N) is 5. The zero-order valence-corrected chi connectivity index (χ0v) is 11.1. The van der Waals surface area contributed by atoms with E-state index in [2.05, 4.69) is 24.9 Å². The Kier molecular flexibility index (Phi) is 3.61. The fourth-order valence-electron chi connectivity index (χ4n) is 2.20. The largest absolute Gasteiger partial charge is 0.364 e. The Hall–Kier alpha value is -1.66. The Labute approximate surface area is 116 Å². The van der Waals surface area contributed by atoms with E-state index >= 15 is 0 Å². The highest BCUT2D eigenvalue weighted by atomic mass is 35.5. The van der Waals surface area contributed by atoms with Gasteiger partial charge in [0, 0.05) is 38.8 Å². The lowest BCUT2D eigenvalue weighted by molar-refractivity contribution is 0.241. The molecule has 0 radical (unpaired) electrons. The number of hydrogen-bond donors (Lipinski definition) is 0. The van der Waals surface area contributed by atoms with E-state index in [-0.39, 0.29) is 0 Å². The summed E-state index contributed by atoms with van der Waals surface area (Å²) < 4.78 is 4.84. The summed E-state index contributed by atoms with van der Waals surface area (Å²) in [6.45, 7) is 4.52. The van der Waals surface area contributed by atoms with Crippen molar-refractivity contribution in [1.82, 2.24) is 20.0 Å². The number of anilines is 1. The summed E-state index contributed by atoms with van der Waals surface area (Å²) in [4.78, 5) is 12.7. The maximum Gasteiger partial charge on any atom is 0.150 e. The lowest BCUT2D eigenvalue weighted by Crippen LogP contribution is -2.46. The number of hydrogen-bond acceptors (Lipinski definition) is 6. The van der Waals surface area contributed by atoms with Gasteiger partial charge in [-0.1, -0.05) is 16.8 Å². The standard InChI is InChI=1S/C12H14ClN5O/c13-11-7-14-9-15-12(11)18-4-2-17(3-5-18)8-10-1-6-19-16-10/h1,6-7,9H,2-5,8H2. The first-order valence-electron chi connectivity index (χ1n) is 6.15. The molecule has 1 saturated heterocycles. The molecule has 1 aliphatic rings. The molecule has 0 aromatic carbocycles. The van der Waals surface area contributed by atoms with E-state index in [1.165, 1.54) is 6.33 Å². The molecule has 0 bridgehead atoms. The summed E-state index contributed by atoms with van der Waals surface area (Å²) in [7, 11) is 0. The third-order valence-electron chi connectivity index (χ3n) is 3.20. The molecule has 100 valence electrons. The minimum absolute atomic E-state index is 0.604. The van der Waals surface area contributed by atoms with Crippen LogP contribution < -0.4 is 4.90 Å². The van der Waals surface area contributed by atoms with Gasteiger partial charge in [-0.05, 0) is 0 Å². The van der Waals surface area contributed by atoms with Crippen LogP contribution in [0.25, 0.3) is 0 Å². The molecule has 1 fully saturated rings. The predicted octanol–water partition coefficient (Wildman–Crippen LogP) is 1.44. The van der Waals surface area contributed by atoms with Crippen molar-refractivity contribution in [3.63, 3.8) is 0 Å². The first kappa shape index (κ1) is 12.4. The van der Waals surface area contributed by atoms with E-state index in [9.17, 15) is 0 Å². The molecule has 0 atom stereocenters. The molecular formula is C12H14ClN5O. The smallest absolute Gasteiger partial charge is 0.150 e. The molecule has 0 saturated carbocycles. The maximum atomic E-state index is 6.11. The van der Waals surface area contributed by atoms with Crippen LogP contribution in [0.1, 0.15) is 5.69 Å². The van der Waals surface area contributed by atoms with Gasteiger partial charge in [0.25, 0.3) is 0 Å². The second kappa shape index (κ2) is 5.54. The van der Waals surface area contributed by atoms with Crippen LogP contribution in [0.3, 0.4) is 0 Å². The molecule has 0 amide bonds. The van der Waals surface area contributed by atoms with E-state index < -0.39 is 0 Å². The van der Waals surface area contributed by atoms with Gasteiger partial charge in [-0.3, -0.25) is 4.90 Å². The molecule has 0 N–H and O–H groups in total. The van der Waals surface area contributed by atoms with E-state index in [1.54, 1.807) is 12.5 Å². The summed E-state index contributed by atoms with van der Waals surface area (Å²) in [6.07, 6.45) is 4.76. The van der Waals surface area contributed by atoms with Crippen LogP contribution in [-0.2, 0) is 6.54 Å². The first-order chi connectivity index (χ1) is 9.33. The SMILES string of the molecule is Clc1cncnc1N1CCN(Cc2ccon2)CC1. The minimum atomic E-state index is 0.604. The highest BCUT2D eigenvalue weighted by Gasteiger charge is 2.20. The van der Waals surface area contributed by atoms with Crippen LogP contribution in [0.4, 0.5) is 5.82 Å². The molecule has 0 spiro atoms. The van der Waals surface area contributed by atoms with Crippen LogP contribution in [0.5, 0.6) is 0 Å². The number of rotatable bonds is 3. The number of piperazine rings is 1. The lowest BCUT2D eigenvalue weighted by Gasteiger charge is -2.35. The highest BCUT2D eigenvalue weighted by molar-refractivity contribution is 6.32. The summed E-state index contributed by atoms with van der Waals surface area (Å²) in [6, 6.07) is 1.90. The monoisotopic (exact) mass is 279 g/mol. The van der Waals surface area contributed by atoms with Crippen LogP contribution in [0.15, 0.2) is 29.4 Å². The molecule has 1 aliphatic heterocycles. The summed E-state index contributed by atoms with van der Waals surface area (Å²) in [5.41, 5.74) is 0.966. The minimum Gasteiger partial charge on any atom is -0.364 e. The fraction of sp³-hybridized carbons (Fsp3) is 0.417. The van der Waals surface area contributed by atoms with Crippen molar-refractivity contribution < 1.29 is 4.52 Å². The maximum absolute atomic E-state index is 6.11. The van der Waals surface area contributed by atoms with Gasteiger partial charge >= 0.3 is 0 Å². The molecule has 2 aromatic heterocycles. The van der Waals surface area contributed by atoms with E-state index in [4.69, 9.17) is 16.1 Å². The van der Waals surface area contributed by atoms with E-state index in [0.29, 0.717) is 5.02 Å². The Bertz CT molecular complexity index is 525.